The third kappa shape index (κ3) is 3.95. The molecule has 15 heavy (non-hydrogen) atoms. The average molecular weight is 222 g/mol. The van der Waals surface area contributed by atoms with Gasteiger partial charge in [-0.2, -0.15) is 15.7 Å². The lowest BCUT2D eigenvalue weighted by molar-refractivity contribution is 0.600. The van der Waals surface area contributed by atoms with Crippen LogP contribution in [0.3, 0.4) is 0 Å². The van der Waals surface area contributed by atoms with Gasteiger partial charge in [0, 0.05) is 5.39 Å². The lowest BCUT2D eigenvalue weighted by Gasteiger charge is -1.84. The molecular weight excluding hydrogens is 210 g/mol. The van der Waals surface area contributed by atoms with Gasteiger partial charge in [0.25, 0.3) is 0 Å². The molecule has 1 aromatic heterocycles. The van der Waals surface area contributed by atoms with Gasteiger partial charge in [-0.15, -0.1) is 12.7 Å². The molecule has 0 aliphatic rings. The SMILES string of the molecule is C=CC[S-](=N)=O.c1ccc2[nH]ncc2c1. The molecule has 5 heteroatoms. The van der Waals surface area contributed by atoms with E-state index in [-0.39, 0.29) is 5.75 Å². The molecule has 1 heterocycles. The van der Waals surface area contributed by atoms with Gasteiger partial charge in [0.1, 0.15) is 0 Å². The standard InChI is InChI=1S/C7H6N2.C3H6NOS/c1-2-4-7-6(3-1)5-8-9-7;1-2-3-6(4)5/h1-5H,(H,8,9);2,4H,1,3H2/q;-1. The van der Waals surface area contributed by atoms with Crippen molar-refractivity contribution in [1.29, 1.82) is 4.78 Å². The molecule has 0 aliphatic carbocycles. The summed E-state index contributed by atoms with van der Waals surface area (Å²) >= 11 is 0. The van der Waals surface area contributed by atoms with Crippen LogP contribution in [-0.2, 0) is 14.8 Å². The van der Waals surface area contributed by atoms with Crippen LogP contribution in [-0.4, -0.2) is 16.0 Å². The van der Waals surface area contributed by atoms with Crippen LogP contribution in [0.15, 0.2) is 43.1 Å². The van der Waals surface area contributed by atoms with Crippen LogP contribution in [0.4, 0.5) is 0 Å². The van der Waals surface area contributed by atoms with Crippen LogP contribution < -0.4 is 0 Å². The summed E-state index contributed by atoms with van der Waals surface area (Å²) in [6.07, 6.45) is 3.28. The molecule has 0 bridgehead atoms. The molecule has 0 aliphatic heterocycles. The first-order valence-electron chi connectivity index (χ1n) is 4.32. The Balaban J connectivity index is 0.000000167. The second-order valence-corrected chi connectivity index (χ2v) is 3.78. The number of H-pyrrole nitrogens is 1. The maximum absolute atomic E-state index is 9.75. The first-order chi connectivity index (χ1) is 7.24. The lowest BCUT2D eigenvalue weighted by Crippen LogP contribution is -1.72. The van der Waals surface area contributed by atoms with Crippen molar-refractivity contribution in [3.05, 3.63) is 43.1 Å². The zero-order valence-electron chi connectivity index (χ0n) is 8.14. The number of nitrogens with zero attached hydrogens (tertiary/aromatic N) is 1. The summed E-state index contributed by atoms with van der Waals surface area (Å²) in [7, 11) is -1.43. The molecule has 1 aromatic carbocycles. The van der Waals surface area contributed by atoms with Crippen molar-refractivity contribution in [2.75, 3.05) is 5.75 Å². The van der Waals surface area contributed by atoms with Gasteiger partial charge >= 0.3 is 0 Å². The second-order valence-electron chi connectivity index (χ2n) is 2.76. The number of nitrogens with one attached hydrogen (secondary N) is 2. The van der Waals surface area contributed by atoms with Crippen LogP contribution in [0.25, 0.3) is 10.9 Å². The van der Waals surface area contributed by atoms with E-state index in [1.165, 1.54) is 6.08 Å². The Hall–Kier alpha value is -1.62. The molecule has 2 N–H and O–H groups in total. The Morgan fingerprint density at radius 3 is 2.80 bits per heavy atom. The molecule has 0 amide bonds. The minimum Gasteiger partial charge on any atom is -0.444 e. The van der Waals surface area contributed by atoms with Crippen molar-refractivity contribution in [1.82, 2.24) is 10.2 Å². The fourth-order valence-corrected chi connectivity index (χ4v) is 1.20. The molecule has 0 spiro atoms. The number of rotatable bonds is 2. The van der Waals surface area contributed by atoms with E-state index >= 15 is 0 Å². The maximum Gasteiger partial charge on any atom is 0.0650 e. The molecule has 4 nitrogen and oxygen atoms in total. The number of hydrogen-bond donors (Lipinski definition) is 2. The van der Waals surface area contributed by atoms with Gasteiger partial charge in [-0.1, -0.05) is 24.0 Å². The van der Waals surface area contributed by atoms with Crippen molar-refractivity contribution in [2.24, 2.45) is 0 Å². The highest BCUT2D eigenvalue weighted by atomic mass is 32.2. The van der Waals surface area contributed by atoms with Crippen LogP contribution >= 0.6 is 0 Å². The van der Waals surface area contributed by atoms with Gasteiger partial charge in [-0.25, -0.2) is 0 Å². The van der Waals surface area contributed by atoms with E-state index in [0.29, 0.717) is 0 Å². The zero-order chi connectivity index (χ0) is 11.1. The molecule has 0 atom stereocenters. The molecule has 0 unspecified atom stereocenters. The molecule has 2 aromatic rings. The smallest absolute Gasteiger partial charge is 0.0650 e. The number of para-hydroxylation sites is 1. The van der Waals surface area contributed by atoms with Gasteiger partial charge in [0.05, 0.1) is 11.7 Å². The topological polar surface area (TPSA) is 69.6 Å². The summed E-state index contributed by atoms with van der Waals surface area (Å²) in [4.78, 5) is 0. The van der Waals surface area contributed by atoms with Crippen molar-refractivity contribution >= 4 is 21.5 Å². The van der Waals surface area contributed by atoms with E-state index in [9.17, 15) is 4.21 Å². The Labute approximate surface area is 90.0 Å². The lowest BCUT2D eigenvalue weighted by atomic mass is 10.3. The number of fused-ring (bicyclic) bond motifs is 1. The summed E-state index contributed by atoms with van der Waals surface area (Å²) in [5.74, 6) is 0.278. The first kappa shape index (κ1) is 11.5. The summed E-state index contributed by atoms with van der Waals surface area (Å²) < 4.78 is 16.1. The summed E-state index contributed by atoms with van der Waals surface area (Å²) in [5, 5.41) is 7.91. The number of aromatic nitrogens is 2. The third-order valence-corrected chi connectivity index (χ3v) is 2.16. The van der Waals surface area contributed by atoms with E-state index in [2.05, 4.69) is 16.8 Å². The van der Waals surface area contributed by atoms with E-state index in [4.69, 9.17) is 4.78 Å². The largest absolute Gasteiger partial charge is 0.444 e. The monoisotopic (exact) mass is 222 g/mol. The fraction of sp³-hybridized carbons (Fsp3) is 0.100. The quantitative estimate of drug-likeness (QED) is 0.605. The minimum atomic E-state index is -1.43. The Bertz CT molecular complexity index is 464. The Kier molecular flexibility index (Phi) is 4.56. The highest BCUT2D eigenvalue weighted by Gasteiger charge is 1.88. The van der Waals surface area contributed by atoms with E-state index in [0.717, 1.165) is 10.9 Å². The first-order valence-corrected chi connectivity index (χ1v) is 5.64. The molecule has 0 radical (unpaired) electrons. The van der Waals surface area contributed by atoms with Gasteiger partial charge in [0.2, 0.25) is 0 Å². The molecule has 0 saturated heterocycles. The molecule has 0 fully saturated rings. The number of benzene rings is 1. The number of aromatic amines is 1. The van der Waals surface area contributed by atoms with Crippen LogP contribution in [0.2, 0.25) is 0 Å². The Morgan fingerprint density at radius 1 is 1.53 bits per heavy atom. The predicted octanol–water partition coefficient (Wildman–Crippen LogP) is 2.46. The molecule has 0 saturated carbocycles. The Morgan fingerprint density at radius 2 is 2.27 bits per heavy atom. The van der Waals surface area contributed by atoms with Gasteiger partial charge in [0.15, 0.2) is 0 Å². The third-order valence-electron chi connectivity index (χ3n) is 1.62. The van der Waals surface area contributed by atoms with E-state index in [1.807, 2.05) is 30.5 Å². The van der Waals surface area contributed by atoms with Crippen LogP contribution in [0.1, 0.15) is 0 Å². The van der Waals surface area contributed by atoms with Crippen molar-refractivity contribution in [3.63, 3.8) is 0 Å². The summed E-state index contributed by atoms with van der Waals surface area (Å²) in [6, 6.07) is 8.01. The molecular formula is C10H12N3OS-. The predicted molar refractivity (Wildman–Crippen MR) is 61.9 cm³/mol. The molecule has 80 valence electrons. The van der Waals surface area contributed by atoms with Crippen LogP contribution in [0, 0.1) is 4.78 Å². The second kappa shape index (κ2) is 5.98. The summed E-state index contributed by atoms with van der Waals surface area (Å²) in [5.41, 5.74) is 1.09. The normalized spacial score (nSPS) is 9.67. The van der Waals surface area contributed by atoms with Crippen LogP contribution in [0.5, 0.6) is 0 Å². The number of hydrogen-bond acceptors (Lipinski definition) is 4. The fourth-order valence-electron chi connectivity index (χ4n) is 0.990. The van der Waals surface area contributed by atoms with E-state index in [1.54, 1.807) is 0 Å². The van der Waals surface area contributed by atoms with E-state index < -0.39 is 10.6 Å². The van der Waals surface area contributed by atoms with Gasteiger partial charge in [-0.05, 0) is 6.07 Å². The highest BCUT2D eigenvalue weighted by molar-refractivity contribution is 7.73. The van der Waals surface area contributed by atoms with Crippen molar-refractivity contribution in [2.45, 2.75) is 0 Å². The van der Waals surface area contributed by atoms with Crippen molar-refractivity contribution < 1.29 is 4.21 Å². The minimum absolute atomic E-state index is 0.278. The highest BCUT2D eigenvalue weighted by Crippen LogP contribution is 2.06. The average Bonchev–Trinajstić information content (AvgIpc) is 2.65. The van der Waals surface area contributed by atoms with Crippen molar-refractivity contribution in [3.8, 4) is 0 Å². The van der Waals surface area contributed by atoms with Gasteiger partial charge < -0.3 is 8.99 Å². The zero-order valence-corrected chi connectivity index (χ0v) is 8.96. The van der Waals surface area contributed by atoms with Gasteiger partial charge in [-0.3, -0.25) is 5.10 Å². The summed E-state index contributed by atoms with van der Waals surface area (Å²) in [6.45, 7) is 3.29. The molecule has 2 rings (SSSR count). The maximum atomic E-state index is 9.75.